The van der Waals surface area contributed by atoms with Gasteiger partial charge >= 0.3 is 0 Å². The highest BCUT2D eigenvalue weighted by Crippen LogP contribution is 2.53. The molecule has 0 atom stereocenters. The van der Waals surface area contributed by atoms with Crippen LogP contribution in [0.3, 0.4) is 0 Å². The van der Waals surface area contributed by atoms with Crippen LogP contribution in [-0.4, -0.2) is 19.5 Å². The van der Waals surface area contributed by atoms with Gasteiger partial charge in [-0.15, -0.1) is 0 Å². The van der Waals surface area contributed by atoms with Gasteiger partial charge in [-0.2, -0.15) is 9.97 Å². The second kappa shape index (κ2) is 10.2. The number of para-hydroxylation sites is 2. The third-order valence-corrected chi connectivity index (χ3v) is 10.9. The standard InChI is InChI=1S/C45H34N4O/c1-44(2)31-20-10-11-21-32(31)45(3,4)40-33(44)25-26-35-39(40)28-17-8-12-22-34(28)49(35)43-47-41(27-15-6-5-7-16-27)46-42(48-43)30-19-14-24-37-38(30)29-18-9-13-23-36(29)50-37/h5-26H,1-4H3. The van der Waals surface area contributed by atoms with E-state index in [4.69, 9.17) is 19.4 Å². The lowest BCUT2D eigenvalue weighted by atomic mass is 9.59. The van der Waals surface area contributed by atoms with E-state index in [0.717, 1.165) is 44.1 Å². The molecule has 240 valence electrons. The molecule has 3 heterocycles. The Hall–Kier alpha value is -6.07. The van der Waals surface area contributed by atoms with E-state index in [1.807, 2.05) is 48.5 Å². The molecule has 0 spiro atoms. The van der Waals surface area contributed by atoms with Crippen molar-refractivity contribution >= 4 is 43.7 Å². The molecule has 1 aliphatic carbocycles. The number of hydrogen-bond donors (Lipinski definition) is 0. The molecule has 0 fully saturated rings. The van der Waals surface area contributed by atoms with Crippen molar-refractivity contribution in [1.29, 1.82) is 0 Å². The Labute approximate surface area is 289 Å². The molecule has 0 radical (unpaired) electrons. The molecular weight excluding hydrogens is 613 g/mol. The largest absolute Gasteiger partial charge is 0.456 e. The van der Waals surface area contributed by atoms with E-state index >= 15 is 0 Å². The number of benzene rings is 6. The first kappa shape index (κ1) is 28.9. The fraction of sp³-hybridized carbons (Fsp3) is 0.133. The Morgan fingerprint density at radius 1 is 0.480 bits per heavy atom. The molecule has 5 nitrogen and oxygen atoms in total. The lowest BCUT2D eigenvalue weighted by molar-refractivity contribution is 0.525. The summed E-state index contributed by atoms with van der Waals surface area (Å²) in [6.07, 6.45) is 0. The van der Waals surface area contributed by atoms with Crippen molar-refractivity contribution in [1.82, 2.24) is 19.5 Å². The van der Waals surface area contributed by atoms with Crippen molar-refractivity contribution in [2.24, 2.45) is 0 Å². The van der Waals surface area contributed by atoms with Crippen molar-refractivity contribution in [2.45, 2.75) is 38.5 Å². The molecule has 0 saturated heterocycles. The van der Waals surface area contributed by atoms with Gasteiger partial charge in [0.2, 0.25) is 5.95 Å². The molecule has 0 saturated carbocycles. The topological polar surface area (TPSA) is 56.7 Å². The van der Waals surface area contributed by atoms with E-state index in [-0.39, 0.29) is 10.8 Å². The van der Waals surface area contributed by atoms with Crippen LogP contribution in [0.1, 0.15) is 49.9 Å². The monoisotopic (exact) mass is 646 g/mol. The highest BCUT2D eigenvalue weighted by Gasteiger charge is 2.43. The first-order chi connectivity index (χ1) is 24.3. The number of fused-ring (bicyclic) bond motifs is 9. The molecule has 0 aliphatic heterocycles. The minimum absolute atomic E-state index is 0.161. The highest BCUT2D eigenvalue weighted by atomic mass is 16.3. The predicted molar refractivity (Wildman–Crippen MR) is 203 cm³/mol. The van der Waals surface area contributed by atoms with Crippen LogP contribution < -0.4 is 0 Å². The first-order valence-corrected chi connectivity index (χ1v) is 17.2. The minimum Gasteiger partial charge on any atom is -0.456 e. The fourth-order valence-electron chi connectivity index (χ4n) is 8.56. The van der Waals surface area contributed by atoms with E-state index in [2.05, 4.69) is 117 Å². The molecule has 0 unspecified atom stereocenters. The summed E-state index contributed by atoms with van der Waals surface area (Å²) in [7, 11) is 0. The van der Waals surface area contributed by atoms with E-state index in [9.17, 15) is 0 Å². The van der Waals surface area contributed by atoms with Crippen LogP contribution in [0.2, 0.25) is 0 Å². The van der Waals surface area contributed by atoms with Crippen molar-refractivity contribution in [3.63, 3.8) is 0 Å². The van der Waals surface area contributed by atoms with Crippen molar-refractivity contribution < 1.29 is 4.42 Å². The first-order valence-electron chi connectivity index (χ1n) is 17.2. The lowest BCUT2D eigenvalue weighted by Gasteiger charge is -2.44. The molecule has 0 N–H and O–H groups in total. The Balaban J connectivity index is 1.31. The molecule has 10 rings (SSSR count). The highest BCUT2D eigenvalue weighted by molar-refractivity contribution is 6.13. The summed E-state index contributed by atoms with van der Waals surface area (Å²) in [5, 5.41) is 4.47. The van der Waals surface area contributed by atoms with Crippen LogP contribution in [0, 0.1) is 0 Å². The number of rotatable bonds is 3. The Morgan fingerprint density at radius 3 is 1.96 bits per heavy atom. The normalized spacial score (nSPS) is 14.7. The van der Waals surface area contributed by atoms with Gasteiger partial charge in [0.05, 0.1) is 11.0 Å². The zero-order chi connectivity index (χ0) is 33.8. The molecule has 50 heavy (non-hydrogen) atoms. The van der Waals surface area contributed by atoms with Crippen LogP contribution >= 0.6 is 0 Å². The third-order valence-electron chi connectivity index (χ3n) is 10.9. The molecule has 6 aromatic carbocycles. The second-order valence-electron chi connectivity index (χ2n) is 14.5. The molecule has 9 aromatic rings. The van der Waals surface area contributed by atoms with Gasteiger partial charge in [0.15, 0.2) is 11.6 Å². The summed E-state index contributed by atoms with van der Waals surface area (Å²) in [6, 6.07) is 46.7. The van der Waals surface area contributed by atoms with Crippen LogP contribution in [-0.2, 0) is 10.8 Å². The predicted octanol–water partition coefficient (Wildman–Crippen LogP) is 11.2. The molecule has 0 amide bonds. The Bertz CT molecular complexity index is 2820. The van der Waals surface area contributed by atoms with Crippen LogP contribution in [0.15, 0.2) is 138 Å². The molecule has 0 bridgehead atoms. The quantitative estimate of drug-likeness (QED) is 0.192. The maximum Gasteiger partial charge on any atom is 0.238 e. The van der Waals surface area contributed by atoms with E-state index in [0.29, 0.717) is 17.6 Å². The summed E-state index contributed by atoms with van der Waals surface area (Å²) in [4.78, 5) is 15.7. The molecular formula is C45H34N4O. The van der Waals surface area contributed by atoms with Gasteiger partial charge in [0, 0.05) is 43.5 Å². The SMILES string of the molecule is CC1(C)c2ccccc2C(C)(C)c2c1ccc1c2c2ccccc2n1-c1nc(-c2ccccc2)nc(-c2cccc3oc4ccccc4c23)n1. The smallest absolute Gasteiger partial charge is 0.238 e. The Morgan fingerprint density at radius 2 is 1.14 bits per heavy atom. The van der Waals surface area contributed by atoms with Crippen LogP contribution in [0.4, 0.5) is 0 Å². The van der Waals surface area contributed by atoms with Gasteiger partial charge < -0.3 is 4.42 Å². The van der Waals surface area contributed by atoms with Gasteiger partial charge in [-0.1, -0.05) is 137 Å². The summed E-state index contributed by atoms with van der Waals surface area (Å²) in [5.74, 6) is 1.80. The van der Waals surface area contributed by atoms with E-state index in [1.54, 1.807) is 0 Å². The number of hydrogen-bond acceptors (Lipinski definition) is 4. The zero-order valence-electron chi connectivity index (χ0n) is 28.4. The van der Waals surface area contributed by atoms with Crippen molar-refractivity contribution in [2.75, 3.05) is 0 Å². The summed E-state index contributed by atoms with van der Waals surface area (Å²) in [6.45, 7) is 9.46. The van der Waals surface area contributed by atoms with Crippen molar-refractivity contribution in [3.05, 3.63) is 156 Å². The lowest BCUT2D eigenvalue weighted by Crippen LogP contribution is -2.36. The maximum absolute atomic E-state index is 6.28. The summed E-state index contributed by atoms with van der Waals surface area (Å²) < 4.78 is 8.52. The molecule has 1 aliphatic rings. The Kier molecular flexibility index (Phi) is 5.91. The van der Waals surface area contributed by atoms with Crippen LogP contribution in [0.25, 0.3) is 72.5 Å². The van der Waals surface area contributed by atoms with Gasteiger partial charge in [-0.05, 0) is 46.5 Å². The fourth-order valence-corrected chi connectivity index (χ4v) is 8.56. The van der Waals surface area contributed by atoms with Gasteiger partial charge in [0.25, 0.3) is 0 Å². The average Bonchev–Trinajstić information content (AvgIpc) is 3.70. The number of furan rings is 1. The average molecular weight is 647 g/mol. The van der Waals surface area contributed by atoms with Gasteiger partial charge in [-0.3, -0.25) is 4.57 Å². The summed E-state index contributed by atoms with van der Waals surface area (Å²) >= 11 is 0. The number of nitrogens with zero attached hydrogens (tertiary/aromatic N) is 4. The van der Waals surface area contributed by atoms with E-state index < -0.39 is 0 Å². The third kappa shape index (κ3) is 3.92. The molecule has 3 aromatic heterocycles. The minimum atomic E-state index is -0.229. The number of aromatic nitrogens is 4. The second-order valence-corrected chi connectivity index (χ2v) is 14.5. The van der Waals surface area contributed by atoms with Gasteiger partial charge in [-0.25, -0.2) is 4.98 Å². The van der Waals surface area contributed by atoms with E-state index in [1.165, 1.54) is 33.0 Å². The van der Waals surface area contributed by atoms with Gasteiger partial charge in [0.1, 0.15) is 11.2 Å². The van der Waals surface area contributed by atoms with Crippen LogP contribution in [0.5, 0.6) is 0 Å². The maximum atomic E-state index is 6.28. The molecule has 5 heteroatoms. The summed E-state index contributed by atoms with van der Waals surface area (Å²) in [5.41, 5.74) is 10.7. The van der Waals surface area contributed by atoms with Crippen molar-refractivity contribution in [3.8, 4) is 28.7 Å². The zero-order valence-corrected chi connectivity index (χ0v) is 28.4.